The van der Waals surface area contributed by atoms with Crippen LogP contribution in [0.25, 0.3) is 0 Å². The maximum absolute atomic E-state index is 4.67. The van der Waals surface area contributed by atoms with Gasteiger partial charge in [0.2, 0.25) is 0 Å². The lowest BCUT2D eigenvalue weighted by atomic mass is 9.87. The highest BCUT2D eigenvalue weighted by Crippen LogP contribution is 2.41. The monoisotopic (exact) mass is 275 g/mol. The Balaban J connectivity index is 1.84. The van der Waals surface area contributed by atoms with E-state index in [9.17, 15) is 0 Å². The summed E-state index contributed by atoms with van der Waals surface area (Å²) in [6.45, 7) is 2.44. The van der Waals surface area contributed by atoms with Crippen LogP contribution in [0.4, 0.5) is 5.69 Å². The van der Waals surface area contributed by atoms with Crippen LogP contribution in [0.15, 0.2) is 24.3 Å². The molecule has 0 saturated heterocycles. The number of rotatable bonds is 3. The molecule has 3 rings (SSSR count). The molecule has 0 radical (unpaired) electrons. The molecule has 0 atom stereocenters. The molecular weight excluding hydrogens is 250 g/mol. The van der Waals surface area contributed by atoms with Crippen molar-refractivity contribution in [3.05, 3.63) is 29.8 Å². The predicted octanol–water partition coefficient (Wildman–Crippen LogP) is 4.32. The van der Waals surface area contributed by atoms with E-state index in [1.807, 2.05) is 0 Å². The average Bonchev–Trinajstić information content (AvgIpc) is 2.83. The topological polar surface area (TPSA) is 3.24 Å². The molecule has 1 aliphatic carbocycles. The zero-order chi connectivity index (χ0) is 13.1. The summed E-state index contributed by atoms with van der Waals surface area (Å²) < 4.78 is 0. The predicted molar refractivity (Wildman–Crippen MR) is 86.3 cm³/mol. The van der Waals surface area contributed by atoms with E-state index in [1.54, 1.807) is 5.56 Å². The van der Waals surface area contributed by atoms with Crippen LogP contribution >= 0.6 is 12.6 Å². The highest BCUT2D eigenvalue weighted by atomic mass is 32.1. The third-order valence-corrected chi connectivity index (χ3v) is 5.65. The number of aryl methyl sites for hydroxylation is 1. The smallest absolute Gasteiger partial charge is 0.0398 e. The minimum Gasteiger partial charge on any atom is -0.371 e. The van der Waals surface area contributed by atoms with E-state index in [1.165, 1.54) is 63.7 Å². The first-order valence-corrected chi connectivity index (χ1v) is 8.40. The standard InChI is InChI=1S/C17H25NS/c19-14-17(10-4-5-11-17)13-18-12-6-3-8-15-7-1-2-9-16(15)18/h1-2,7,9,19H,3-6,8,10-14H2. The number of fused-ring (bicyclic) bond motifs is 1. The van der Waals surface area contributed by atoms with Gasteiger partial charge >= 0.3 is 0 Å². The molecule has 1 heterocycles. The minimum atomic E-state index is 0.473. The van der Waals surface area contributed by atoms with Gasteiger partial charge in [0.1, 0.15) is 0 Å². The summed E-state index contributed by atoms with van der Waals surface area (Å²) in [5.41, 5.74) is 3.51. The Morgan fingerprint density at radius 2 is 1.84 bits per heavy atom. The first-order chi connectivity index (χ1) is 9.33. The van der Waals surface area contributed by atoms with Crippen LogP contribution in [0.3, 0.4) is 0 Å². The summed E-state index contributed by atoms with van der Waals surface area (Å²) in [5.74, 6) is 1.05. The van der Waals surface area contributed by atoms with Crippen molar-refractivity contribution in [1.29, 1.82) is 0 Å². The average molecular weight is 275 g/mol. The lowest BCUT2D eigenvalue weighted by molar-refractivity contribution is 0.347. The molecule has 2 aliphatic rings. The Labute approximate surface area is 122 Å². The summed E-state index contributed by atoms with van der Waals surface area (Å²) in [5, 5.41) is 0. The Morgan fingerprint density at radius 3 is 2.63 bits per heavy atom. The number of nitrogens with zero attached hydrogens (tertiary/aromatic N) is 1. The van der Waals surface area contributed by atoms with Gasteiger partial charge < -0.3 is 4.90 Å². The van der Waals surface area contributed by atoms with Gasteiger partial charge in [0, 0.05) is 18.8 Å². The molecule has 0 N–H and O–H groups in total. The lowest BCUT2D eigenvalue weighted by Gasteiger charge is -2.36. The van der Waals surface area contributed by atoms with E-state index in [0.29, 0.717) is 5.41 Å². The van der Waals surface area contributed by atoms with Crippen molar-refractivity contribution in [2.75, 3.05) is 23.7 Å². The van der Waals surface area contributed by atoms with Crippen LogP contribution in [0, 0.1) is 5.41 Å². The molecular formula is C17H25NS. The number of benzene rings is 1. The Bertz CT molecular complexity index is 423. The zero-order valence-corrected chi connectivity index (χ0v) is 12.7. The van der Waals surface area contributed by atoms with Crippen molar-refractivity contribution in [2.45, 2.75) is 44.9 Å². The molecule has 1 aliphatic heterocycles. The zero-order valence-electron chi connectivity index (χ0n) is 11.8. The van der Waals surface area contributed by atoms with Crippen LogP contribution in [0.5, 0.6) is 0 Å². The lowest BCUT2D eigenvalue weighted by Crippen LogP contribution is -2.38. The van der Waals surface area contributed by atoms with E-state index >= 15 is 0 Å². The molecule has 1 nitrogen and oxygen atoms in total. The van der Waals surface area contributed by atoms with Crippen LogP contribution in [-0.2, 0) is 6.42 Å². The Hall–Kier alpha value is -0.630. The fourth-order valence-corrected chi connectivity index (χ4v) is 4.25. The number of para-hydroxylation sites is 1. The second-order valence-electron chi connectivity index (χ2n) is 6.37. The molecule has 0 spiro atoms. The van der Waals surface area contributed by atoms with Gasteiger partial charge in [0.15, 0.2) is 0 Å². The Morgan fingerprint density at radius 1 is 1.05 bits per heavy atom. The van der Waals surface area contributed by atoms with Crippen LogP contribution < -0.4 is 4.90 Å². The quantitative estimate of drug-likeness (QED) is 0.804. The van der Waals surface area contributed by atoms with E-state index in [0.717, 1.165) is 5.75 Å². The summed E-state index contributed by atoms with van der Waals surface area (Å²) in [4.78, 5) is 2.66. The molecule has 2 heteroatoms. The highest BCUT2D eigenvalue weighted by molar-refractivity contribution is 7.80. The van der Waals surface area contributed by atoms with Crippen molar-refractivity contribution in [2.24, 2.45) is 5.41 Å². The molecule has 1 fully saturated rings. The van der Waals surface area contributed by atoms with E-state index in [-0.39, 0.29) is 0 Å². The second kappa shape index (κ2) is 5.78. The first-order valence-electron chi connectivity index (χ1n) is 7.77. The summed E-state index contributed by atoms with van der Waals surface area (Å²) >= 11 is 4.67. The van der Waals surface area contributed by atoms with Crippen molar-refractivity contribution < 1.29 is 0 Å². The molecule has 1 saturated carbocycles. The van der Waals surface area contributed by atoms with E-state index in [2.05, 4.69) is 41.8 Å². The van der Waals surface area contributed by atoms with Gasteiger partial charge in [-0.25, -0.2) is 0 Å². The molecule has 1 aromatic carbocycles. The van der Waals surface area contributed by atoms with Gasteiger partial charge in [0.05, 0.1) is 0 Å². The first kappa shape index (κ1) is 13.4. The molecule has 104 valence electrons. The van der Waals surface area contributed by atoms with Crippen molar-refractivity contribution >= 4 is 18.3 Å². The number of thiol groups is 1. The summed E-state index contributed by atoms with van der Waals surface area (Å²) in [7, 11) is 0. The fourth-order valence-electron chi connectivity index (χ4n) is 3.83. The van der Waals surface area contributed by atoms with Crippen molar-refractivity contribution in [1.82, 2.24) is 0 Å². The molecule has 0 unspecified atom stereocenters. The van der Waals surface area contributed by atoms with Gasteiger partial charge in [-0.2, -0.15) is 12.6 Å². The molecule has 0 amide bonds. The van der Waals surface area contributed by atoms with Gasteiger partial charge in [-0.1, -0.05) is 31.0 Å². The number of hydrogen-bond acceptors (Lipinski definition) is 2. The van der Waals surface area contributed by atoms with Gasteiger partial charge in [-0.3, -0.25) is 0 Å². The molecule has 1 aromatic rings. The normalized spacial score (nSPS) is 22.1. The molecule has 19 heavy (non-hydrogen) atoms. The summed E-state index contributed by atoms with van der Waals surface area (Å²) in [6.07, 6.45) is 9.45. The van der Waals surface area contributed by atoms with Gasteiger partial charge in [-0.05, 0) is 54.9 Å². The number of anilines is 1. The van der Waals surface area contributed by atoms with Gasteiger partial charge in [-0.15, -0.1) is 0 Å². The van der Waals surface area contributed by atoms with Gasteiger partial charge in [0.25, 0.3) is 0 Å². The maximum atomic E-state index is 4.67. The third kappa shape index (κ3) is 2.79. The largest absolute Gasteiger partial charge is 0.371 e. The van der Waals surface area contributed by atoms with Crippen LogP contribution in [-0.4, -0.2) is 18.8 Å². The molecule has 0 aromatic heterocycles. The molecule has 0 bridgehead atoms. The number of hydrogen-bond donors (Lipinski definition) is 1. The third-order valence-electron chi connectivity index (χ3n) is 4.98. The Kier molecular flexibility index (Phi) is 4.07. The van der Waals surface area contributed by atoms with E-state index < -0.39 is 0 Å². The van der Waals surface area contributed by atoms with Crippen molar-refractivity contribution in [3.63, 3.8) is 0 Å². The second-order valence-corrected chi connectivity index (χ2v) is 6.69. The SMILES string of the molecule is SCC1(CN2CCCCc3ccccc32)CCCC1. The fraction of sp³-hybridized carbons (Fsp3) is 0.647. The maximum Gasteiger partial charge on any atom is 0.0398 e. The van der Waals surface area contributed by atoms with Crippen LogP contribution in [0.2, 0.25) is 0 Å². The highest BCUT2D eigenvalue weighted by Gasteiger charge is 2.35. The summed E-state index contributed by atoms with van der Waals surface area (Å²) in [6, 6.07) is 9.02. The van der Waals surface area contributed by atoms with Crippen molar-refractivity contribution in [3.8, 4) is 0 Å². The minimum absolute atomic E-state index is 0.473. The van der Waals surface area contributed by atoms with E-state index in [4.69, 9.17) is 0 Å². The van der Waals surface area contributed by atoms with Crippen LogP contribution in [0.1, 0.15) is 44.1 Å².